The zero-order chi connectivity index (χ0) is 16.8. The van der Waals surface area contributed by atoms with E-state index in [2.05, 4.69) is 10.6 Å². The van der Waals surface area contributed by atoms with Gasteiger partial charge in [-0.3, -0.25) is 0 Å². The van der Waals surface area contributed by atoms with E-state index in [1.807, 2.05) is 6.92 Å². The molecule has 1 aromatic carbocycles. The van der Waals surface area contributed by atoms with E-state index in [4.69, 9.17) is 4.74 Å². The summed E-state index contributed by atoms with van der Waals surface area (Å²) >= 11 is 0. The van der Waals surface area contributed by atoms with Gasteiger partial charge in [0, 0.05) is 31.4 Å². The van der Waals surface area contributed by atoms with E-state index >= 15 is 0 Å². The molecule has 124 valence electrons. The van der Waals surface area contributed by atoms with Crippen molar-refractivity contribution < 1.29 is 23.4 Å². The first-order valence-corrected chi connectivity index (χ1v) is 6.97. The number of hydrogen-bond acceptors (Lipinski definition) is 3. The molecule has 3 N–H and O–H groups in total. The number of amides is 2. The van der Waals surface area contributed by atoms with Crippen LogP contribution in [-0.2, 0) is 10.3 Å². The van der Waals surface area contributed by atoms with Gasteiger partial charge in [-0.2, -0.15) is 0 Å². The summed E-state index contributed by atoms with van der Waals surface area (Å²) in [7, 11) is 1.57. The van der Waals surface area contributed by atoms with Crippen molar-refractivity contribution in [2.75, 3.05) is 20.3 Å². The van der Waals surface area contributed by atoms with Crippen LogP contribution in [0.1, 0.15) is 25.8 Å². The number of aliphatic hydroxyl groups is 1. The number of nitrogens with one attached hydrogen (secondary N) is 2. The summed E-state index contributed by atoms with van der Waals surface area (Å²) in [5.74, 6) is -1.59. The molecule has 7 heteroatoms. The fraction of sp³-hybridized carbons (Fsp3) is 0.533. The fourth-order valence-electron chi connectivity index (χ4n) is 1.92. The number of ether oxygens (including phenoxy) is 1. The Morgan fingerprint density at radius 3 is 2.73 bits per heavy atom. The summed E-state index contributed by atoms with van der Waals surface area (Å²) in [5, 5.41) is 15.4. The Balaban J connectivity index is 2.56. The number of urea groups is 1. The van der Waals surface area contributed by atoms with Gasteiger partial charge >= 0.3 is 6.03 Å². The van der Waals surface area contributed by atoms with Crippen LogP contribution in [0.25, 0.3) is 0 Å². The molecule has 0 heterocycles. The van der Waals surface area contributed by atoms with Crippen molar-refractivity contribution in [3.63, 3.8) is 0 Å². The monoisotopic (exact) mass is 316 g/mol. The molecule has 1 rings (SSSR count). The van der Waals surface area contributed by atoms with Gasteiger partial charge < -0.3 is 20.5 Å². The first-order valence-electron chi connectivity index (χ1n) is 6.97. The summed E-state index contributed by atoms with van der Waals surface area (Å²) in [6, 6.07) is 2.32. The molecule has 0 aromatic heterocycles. The molecule has 0 bridgehead atoms. The molecular formula is C15H22F2N2O3. The van der Waals surface area contributed by atoms with Crippen LogP contribution in [0.4, 0.5) is 13.6 Å². The van der Waals surface area contributed by atoms with E-state index < -0.39 is 23.3 Å². The Hall–Kier alpha value is -1.73. The number of halogens is 2. The molecule has 2 amide bonds. The van der Waals surface area contributed by atoms with Crippen molar-refractivity contribution >= 4 is 6.03 Å². The van der Waals surface area contributed by atoms with Crippen molar-refractivity contribution in [3.05, 3.63) is 35.4 Å². The van der Waals surface area contributed by atoms with E-state index in [9.17, 15) is 18.7 Å². The topological polar surface area (TPSA) is 70.6 Å². The lowest BCUT2D eigenvalue weighted by Gasteiger charge is -2.25. The van der Waals surface area contributed by atoms with Crippen molar-refractivity contribution in [1.29, 1.82) is 0 Å². The second-order valence-electron chi connectivity index (χ2n) is 5.41. The normalized spacial score (nSPS) is 15.0. The van der Waals surface area contributed by atoms with Crippen LogP contribution >= 0.6 is 0 Å². The first-order chi connectivity index (χ1) is 10.3. The Morgan fingerprint density at radius 2 is 2.14 bits per heavy atom. The maximum absolute atomic E-state index is 13.7. The van der Waals surface area contributed by atoms with Gasteiger partial charge in [0.1, 0.15) is 17.2 Å². The van der Waals surface area contributed by atoms with Crippen molar-refractivity contribution in [2.45, 2.75) is 31.9 Å². The summed E-state index contributed by atoms with van der Waals surface area (Å²) in [4.78, 5) is 11.7. The number of methoxy groups -OCH3 is 1. The van der Waals surface area contributed by atoms with Gasteiger partial charge in [-0.25, -0.2) is 13.6 Å². The minimum atomic E-state index is -1.65. The van der Waals surface area contributed by atoms with Gasteiger partial charge in [0.15, 0.2) is 0 Å². The first kappa shape index (κ1) is 18.3. The number of benzene rings is 1. The predicted molar refractivity (Wildman–Crippen MR) is 78.4 cm³/mol. The number of carbonyl (C=O) groups is 1. The third-order valence-electron chi connectivity index (χ3n) is 3.24. The molecule has 2 atom stereocenters. The summed E-state index contributed by atoms with van der Waals surface area (Å²) in [5.41, 5.74) is -1.73. The standard InChI is InChI=1S/C15H22F2N2O3/c1-10(6-7-22-3)19-14(20)18-9-15(2,21)12-5-4-11(16)8-13(12)17/h4-5,8,10,21H,6-7,9H2,1-3H3,(H2,18,19,20). The van der Waals surface area contributed by atoms with Crippen LogP contribution in [0, 0.1) is 11.6 Å². The molecule has 5 nitrogen and oxygen atoms in total. The third-order valence-corrected chi connectivity index (χ3v) is 3.24. The SMILES string of the molecule is COCCC(C)NC(=O)NCC(C)(O)c1ccc(F)cc1F. The van der Waals surface area contributed by atoms with Gasteiger partial charge in [-0.15, -0.1) is 0 Å². The van der Waals surface area contributed by atoms with Crippen LogP contribution in [0.2, 0.25) is 0 Å². The van der Waals surface area contributed by atoms with E-state index in [1.165, 1.54) is 6.92 Å². The Labute approximate surface area is 128 Å². The van der Waals surface area contributed by atoms with Crippen LogP contribution in [-0.4, -0.2) is 37.4 Å². The second kappa shape index (κ2) is 8.05. The summed E-state index contributed by atoms with van der Waals surface area (Å²) < 4.78 is 31.5. The average molecular weight is 316 g/mol. The molecule has 2 unspecified atom stereocenters. The quantitative estimate of drug-likeness (QED) is 0.719. The van der Waals surface area contributed by atoms with E-state index in [0.29, 0.717) is 19.1 Å². The van der Waals surface area contributed by atoms with E-state index in [-0.39, 0.29) is 18.2 Å². The van der Waals surface area contributed by atoms with Gasteiger partial charge in [0.05, 0.1) is 6.54 Å². The average Bonchev–Trinajstić information content (AvgIpc) is 2.42. The maximum atomic E-state index is 13.7. The number of hydrogen-bond donors (Lipinski definition) is 3. The third kappa shape index (κ3) is 5.57. The molecule has 22 heavy (non-hydrogen) atoms. The van der Waals surface area contributed by atoms with Crippen molar-refractivity contribution in [2.24, 2.45) is 0 Å². The molecule has 0 fully saturated rings. The predicted octanol–water partition coefficient (Wildman–Crippen LogP) is 1.90. The molecule has 0 aliphatic rings. The van der Waals surface area contributed by atoms with Gasteiger partial charge in [0.2, 0.25) is 0 Å². The number of carbonyl (C=O) groups excluding carboxylic acids is 1. The molecule has 0 saturated heterocycles. The van der Waals surface area contributed by atoms with E-state index in [0.717, 1.165) is 12.1 Å². The molecule has 0 saturated carbocycles. The van der Waals surface area contributed by atoms with Gasteiger partial charge in [0.25, 0.3) is 0 Å². The molecule has 0 spiro atoms. The van der Waals surface area contributed by atoms with Crippen LogP contribution in [0.3, 0.4) is 0 Å². The minimum Gasteiger partial charge on any atom is -0.385 e. The molecule has 0 aliphatic carbocycles. The zero-order valence-corrected chi connectivity index (χ0v) is 13.0. The van der Waals surface area contributed by atoms with Gasteiger partial charge in [-0.05, 0) is 26.3 Å². The maximum Gasteiger partial charge on any atom is 0.315 e. The zero-order valence-electron chi connectivity index (χ0n) is 13.0. The molecule has 0 aliphatic heterocycles. The smallest absolute Gasteiger partial charge is 0.315 e. The lowest BCUT2D eigenvalue weighted by Crippen LogP contribution is -2.46. The van der Waals surface area contributed by atoms with E-state index in [1.54, 1.807) is 7.11 Å². The highest BCUT2D eigenvalue weighted by Gasteiger charge is 2.27. The Bertz CT molecular complexity index is 510. The molecule has 0 radical (unpaired) electrons. The van der Waals surface area contributed by atoms with Crippen molar-refractivity contribution in [3.8, 4) is 0 Å². The fourth-order valence-corrected chi connectivity index (χ4v) is 1.92. The highest BCUT2D eigenvalue weighted by molar-refractivity contribution is 5.74. The minimum absolute atomic E-state index is 0.0818. The summed E-state index contributed by atoms with van der Waals surface area (Å²) in [6.45, 7) is 3.46. The summed E-state index contributed by atoms with van der Waals surface area (Å²) in [6.07, 6.45) is 0.646. The van der Waals surface area contributed by atoms with Gasteiger partial charge in [-0.1, -0.05) is 6.07 Å². The largest absolute Gasteiger partial charge is 0.385 e. The Morgan fingerprint density at radius 1 is 1.45 bits per heavy atom. The highest BCUT2D eigenvalue weighted by Crippen LogP contribution is 2.23. The lowest BCUT2D eigenvalue weighted by atomic mass is 9.95. The number of rotatable bonds is 7. The van der Waals surface area contributed by atoms with Crippen LogP contribution in [0.5, 0.6) is 0 Å². The molecule has 1 aromatic rings. The van der Waals surface area contributed by atoms with Crippen LogP contribution in [0.15, 0.2) is 18.2 Å². The lowest BCUT2D eigenvalue weighted by molar-refractivity contribution is 0.0553. The second-order valence-corrected chi connectivity index (χ2v) is 5.41. The van der Waals surface area contributed by atoms with Crippen LogP contribution < -0.4 is 10.6 Å². The highest BCUT2D eigenvalue weighted by atomic mass is 19.1. The molecular weight excluding hydrogens is 294 g/mol. The Kier molecular flexibility index (Phi) is 6.70. The van der Waals surface area contributed by atoms with Crippen molar-refractivity contribution in [1.82, 2.24) is 10.6 Å².